The summed E-state index contributed by atoms with van der Waals surface area (Å²) >= 11 is 0. The maximum atomic E-state index is 12.2. The van der Waals surface area contributed by atoms with Gasteiger partial charge in [0.2, 0.25) is 11.8 Å². The predicted octanol–water partition coefficient (Wildman–Crippen LogP) is 2.98. The number of alkyl halides is 1. The molecule has 0 aliphatic carbocycles. The number of hydrogen-bond acceptors (Lipinski definition) is 3. The topological polar surface area (TPSA) is 78.4 Å². The third-order valence-corrected chi connectivity index (χ3v) is 3.30. The van der Waals surface area contributed by atoms with Gasteiger partial charge < -0.3 is 5.32 Å². The molecule has 0 atom stereocenters. The van der Waals surface area contributed by atoms with Gasteiger partial charge in [0, 0.05) is 24.9 Å². The fourth-order valence-corrected chi connectivity index (χ4v) is 2.07. The summed E-state index contributed by atoms with van der Waals surface area (Å²) in [5.41, 5.74) is 3.21. The number of benzene rings is 1. The van der Waals surface area contributed by atoms with Crippen LogP contribution in [0.5, 0.6) is 0 Å². The molecule has 0 fully saturated rings. The standard InChI is InChI=1S/C16H23FN2O3/c17-12-11-13-7-9-14(10-8-13)18-15(20)5-3-1-2-4-6-16(21)19-22/h7-10,22H,1-6,11-12H2,(H,18,20)(H,19,21). The zero-order valence-electron chi connectivity index (χ0n) is 12.6. The lowest BCUT2D eigenvalue weighted by atomic mass is 10.1. The van der Waals surface area contributed by atoms with Crippen LogP contribution in [0.25, 0.3) is 0 Å². The highest BCUT2D eigenvalue weighted by atomic mass is 19.1. The van der Waals surface area contributed by atoms with Crippen LogP contribution in [-0.4, -0.2) is 23.7 Å². The summed E-state index contributed by atoms with van der Waals surface area (Å²) < 4.78 is 12.2. The Balaban J connectivity index is 2.14. The number of anilines is 1. The molecule has 1 aromatic carbocycles. The molecule has 0 aliphatic heterocycles. The third-order valence-electron chi connectivity index (χ3n) is 3.30. The molecule has 0 aliphatic rings. The Hall–Kier alpha value is -1.95. The van der Waals surface area contributed by atoms with Gasteiger partial charge in [0.05, 0.1) is 6.67 Å². The Kier molecular flexibility index (Phi) is 8.83. The number of nitrogens with one attached hydrogen (secondary N) is 2. The first-order chi connectivity index (χ1) is 10.7. The van der Waals surface area contributed by atoms with Gasteiger partial charge >= 0.3 is 0 Å². The van der Waals surface area contributed by atoms with Crippen LogP contribution in [0, 0.1) is 0 Å². The molecule has 0 bridgehead atoms. The Bertz CT molecular complexity index is 463. The molecule has 0 saturated carbocycles. The molecule has 6 heteroatoms. The van der Waals surface area contributed by atoms with E-state index in [0.29, 0.717) is 31.4 Å². The molecule has 22 heavy (non-hydrogen) atoms. The Morgan fingerprint density at radius 1 is 0.955 bits per heavy atom. The fraction of sp³-hybridized carbons (Fsp3) is 0.500. The van der Waals surface area contributed by atoms with Gasteiger partial charge in [-0.15, -0.1) is 0 Å². The summed E-state index contributed by atoms with van der Waals surface area (Å²) in [5, 5.41) is 11.1. The normalized spacial score (nSPS) is 10.3. The van der Waals surface area contributed by atoms with Gasteiger partial charge in [0.25, 0.3) is 0 Å². The van der Waals surface area contributed by atoms with Crippen LogP contribution in [0.15, 0.2) is 24.3 Å². The van der Waals surface area contributed by atoms with Crippen molar-refractivity contribution in [2.24, 2.45) is 0 Å². The molecular formula is C16H23FN2O3. The summed E-state index contributed by atoms with van der Waals surface area (Å²) in [6.45, 7) is -0.383. The largest absolute Gasteiger partial charge is 0.326 e. The average Bonchev–Trinajstić information content (AvgIpc) is 2.52. The number of carbonyl (C=O) groups excluding carboxylic acids is 2. The van der Waals surface area contributed by atoms with Gasteiger partial charge in [0.15, 0.2) is 0 Å². The van der Waals surface area contributed by atoms with E-state index >= 15 is 0 Å². The van der Waals surface area contributed by atoms with Crippen LogP contribution in [0.4, 0.5) is 10.1 Å². The van der Waals surface area contributed by atoms with E-state index < -0.39 is 0 Å². The Morgan fingerprint density at radius 3 is 2.09 bits per heavy atom. The SMILES string of the molecule is O=C(CCCCCCC(=O)Nc1ccc(CCF)cc1)NO. The van der Waals surface area contributed by atoms with Crippen LogP contribution in [0.1, 0.15) is 44.1 Å². The second-order valence-corrected chi connectivity index (χ2v) is 5.13. The van der Waals surface area contributed by atoms with Crippen molar-refractivity contribution in [3.05, 3.63) is 29.8 Å². The van der Waals surface area contributed by atoms with E-state index in [1.165, 1.54) is 0 Å². The smallest absolute Gasteiger partial charge is 0.243 e. The minimum Gasteiger partial charge on any atom is -0.326 e. The van der Waals surface area contributed by atoms with Gasteiger partial charge in [-0.05, 0) is 30.5 Å². The number of carbonyl (C=O) groups is 2. The molecule has 1 aromatic rings. The molecule has 0 aromatic heterocycles. The molecule has 1 rings (SSSR count). The van der Waals surface area contributed by atoms with Gasteiger partial charge in [0.1, 0.15) is 0 Å². The summed E-state index contributed by atoms with van der Waals surface area (Å²) in [5.74, 6) is -0.430. The van der Waals surface area contributed by atoms with Crippen LogP contribution >= 0.6 is 0 Å². The number of amides is 2. The second kappa shape index (κ2) is 10.7. The van der Waals surface area contributed by atoms with E-state index in [2.05, 4.69) is 5.32 Å². The van der Waals surface area contributed by atoms with Crippen molar-refractivity contribution < 1.29 is 19.2 Å². The molecule has 122 valence electrons. The van der Waals surface area contributed by atoms with E-state index in [9.17, 15) is 14.0 Å². The summed E-state index contributed by atoms with van der Waals surface area (Å²) in [4.78, 5) is 22.5. The van der Waals surface area contributed by atoms with Crippen molar-refractivity contribution in [1.82, 2.24) is 5.48 Å². The summed E-state index contributed by atoms with van der Waals surface area (Å²) in [6.07, 6.45) is 4.28. The van der Waals surface area contributed by atoms with Crippen molar-refractivity contribution in [3.8, 4) is 0 Å². The molecule has 2 amide bonds. The second-order valence-electron chi connectivity index (χ2n) is 5.13. The van der Waals surface area contributed by atoms with Crippen molar-refractivity contribution in [1.29, 1.82) is 0 Å². The molecule has 0 spiro atoms. The van der Waals surface area contributed by atoms with Crippen molar-refractivity contribution in [2.45, 2.75) is 44.9 Å². The zero-order chi connectivity index (χ0) is 16.2. The molecule has 0 heterocycles. The highest BCUT2D eigenvalue weighted by Crippen LogP contribution is 2.12. The van der Waals surface area contributed by atoms with E-state index in [4.69, 9.17) is 5.21 Å². The molecule has 5 nitrogen and oxygen atoms in total. The van der Waals surface area contributed by atoms with Gasteiger partial charge in [-0.2, -0.15) is 0 Å². The number of hydroxylamine groups is 1. The fourth-order valence-electron chi connectivity index (χ4n) is 2.07. The zero-order valence-corrected chi connectivity index (χ0v) is 12.6. The average molecular weight is 310 g/mol. The third kappa shape index (κ3) is 7.73. The van der Waals surface area contributed by atoms with E-state index in [0.717, 1.165) is 24.8 Å². The van der Waals surface area contributed by atoms with Crippen LogP contribution in [0.2, 0.25) is 0 Å². The molecular weight excluding hydrogens is 287 g/mol. The minimum atomic E-state index is -0.383. The van der Waals surface area contributed by atoms with Crippen molar-refractivity contribution in [3.63, 3.8) is 0 Å². The monoisotopic (exact) mass is 310 g/mol. The van der Waals surface area contributed by atoms with Crippen LogP contribution < -0.4 is 10.8 Å². The molecule has 0 unspecified atom stereocenters. The highest BCUT2D eigenvalue weighted by molar-refractivity contribution is 5.90. The van der Waals surface area contributed by atoms with Gasteiger partial charge in [-0.1, -0.05) is 25.0 Å². The molecule has 3 N–H and O–H groups in total. The summed E-state index contributed by atoms with van der Waals surface area (Å²) in [7, 11) is 0. The van der Waals surface area contributed by atoms with Crippen LogP contribution in [-0.2, 0) is 16.0 Å². The lowest BCUT2D eigenvalue weighted by Crippen LogP contribution is -2.17. The number of halogens is 1. The maximum absolute atomic E-state index is 12.2. The number of unbranched alkanes of at least 4 members (excludes halogenated alkanes) is 3. The molecule has 0 saturated heterocycles. The summed E-state index contributed by atoms with van der Waals surface area (Å²) in [6, 6.07) is 7.16. The van der Waals surface area contributed by atoms with Gasteiger partial charge in [-0.25, -0.2) is 5.48 Å². The Labute approximate surface area is 129 Å². The first kappa shape index (κ1) is 18.1. The molecule has 0 radical (unpaired) electrons. The van der Waals surface area contributed by atoms with Crippen molar-refractivity contribution >= 4 is 17.5 Å². The predicted molar refractivity (Wildman–Crippen MR) is 82.4 cm³/mol. The maximum Gasteiger partial charge on any atom is 0.243 e. The lowest BCUT2D eigenvalue weighted by molar-refractivity contribution is -0.129. The lowest BCUT2D eigenvalue weighted by Gasteiger charge is -2.06. The Morgan fingerprint density at radius 2 is 1.55 bits per heavy atom. The highest BCUT2D eigenvalue weighted by Gasteiger charge is 2.03. The quantitative estimate of drug-likeness (QED) is 0.353. The van der Waals surface area contributed by atoms with Crippen molar-refractivity contribution in [2.75, 3.05) is 12.0 Å². The van der Waals surface area contributed by atoms with Gasteiger partial charge in [-0.3, -0.25) is 19.2 Å². The number of hydrogen-bond donors (Lipinski definition) is 3. The first-order valence-corrected chi connectivity index (χ1v) is 7.53. The van der Waals surface area contributed by atoms with E-state index in [-0.39, 0.29) is 18.5 Å². The first-order valence-electron chi connectivity index (χ1n) is 7.53. The number of rotatable bonds is 10. The minimum absolute atomic E-state index is 0.0497. The number of aryl methyl sites for hydroxylation is 1. The van der Waals surface area contributed by atoms with Crippen LogP contribution in [0.3, 0.4) is 0 Å². The van der Waals surface area contributed by atoms with E-state index in [1.807, 2.05) is 0 Å². The van der Waals surface area contributed by atoms with E-state index in [1.54, 1.807) is 29.7 Å².